The fourth-order valence-corrected chi connectivity index (χ4v) is 2.99. The molecule has 1 unspecified atom stereocenters. The largest absolute Gasteiger partial charge is 0.379 e. The van der Waals surface area contributed by atoms with Gasteiger partial charge in [0.2, 0.25) is 0 Å². The van der Waals surface area contributed by atoms with Gasteiger partial charge in [-0.1, -0.05) is 13.8 Å². The lowest BCUT2D eigenvalue weighted by molar-refractivity contribution is 0.0122. The Kier molecular flexibility index (Phi) is 6.67. The van der Waals surface area contributed by atoms with Gasteiger partial charge in [-0.15, -0.1) is 0 Å². The van der Waals surface area contributed by atoms with E-state index in [0.717, 1.165) is 57.7 Å². The van der Waals surface area contributed by atoms with Gasteiger partial charge in [0.1, 0.15) is 5.82 Å². The fraction of sp³-hybridized carbons (Fsp3) is 0.812. The van der Waals surface area contributed by atoms with Crippen LogP contribution in [0, 0.1) is 5.92 Å². The number of nitrogens with zero attached hydrogens (tertiary/aromatic N) is 3. The van der Waals surface area contributed by atoms with Gasteiger partial charge in [-0.3, -0.25) is 4.90 Å². The number of hydrogen-bond acceptors (Lipinski definition) is 4. The van der Waals surface area contributed by atoms with Gasteiger partial charge in [-0.05, 0) is 19.3 Å². The Balaban J connectivity index is 1.83. The van der Waals surface area contributed by atoms with Crippen molar-refractivity contribution >= 4 is 0 Å². The summed E-state index contributed by atoms with van der Waals surface area (Å²) >= 11 is 0. The summed E-state index contributed by atoms with van der Waals surface area (Å²) in [4.78, 5) is 7.00. The third-order valence-electron chi connectivity index (χ3n) is 4.11. The highest BCUT2D eigenvalue weighted by molar-refractivity contribution is 4.92. The number of rotatable bonds is 8. The molecule has 1 aliphatic rings. The van der Waals surface area contributed by atoms with Gasteiger partial charge < -0.3 is 14.6 Å². The van der Waals surface area contributed by atoms with Gasteiger partial charge in [0, 0.05) is 44.6 Å². The zero-order chi connectivity index (χ0) is 15.1. The van der Waals surface area contributed by atoms with E-state index in [1.54, 1.807) is 0 Å². The summed E-state index contributed by atoms with van der Waals surface area (Å²) in [6.45, 7) is 13.5. The van der Waals surface area contributed by atoms with Crippen molar-refractivity contribution in [2.24, 2.45) is 5.92 Å². The molecule has 0 bridgehead atoms. The molecular weight excluding hydrogens is 264 g/mol. The minimum absolute atomic E-state index is 0.596. The summed E-state index contributed by atoms with van der Waals surface area (Å²) in [5.41, 5.74) is 0. The molecule has 1 aromatic heterocycles. The molecule has 1 N–H and O–H groups in total. The summed E-state index contributed by atoms with van der Waals surface area (Å²) in [5.74, 6) is 1.85. The van der Waals surface area contributed by atoms with Gasteiger partial charge in [0.25, 0.3) is 0 Å². The van der Waals surface area contributed by atoms with Crippen molar-refractivity contribution in [2.45, 2.75) is 46.3 Å². The van der Waals surface area contributed by atoms with Crippen LogP contribution in [0.5, 0.6) is 0 Å². The van der Waals surface area contributed by atoms with E-state index in [0.29, 0.717) is 6.04 Å². The predicted molar refractivity (Wildman–Crippen MR) is 85.2 cm³/mol. The fourth-order valence-electron chi connectivity index (χ4n) is 2.99. The average molecular weight is 294 g/mol. The van der Waals surface area contributed by atoms with Crippen LogP contribution in [-0.2, 0) is 17.8 Å². The van der Waals surface area contributed by atoms with Crippen LogP contribution in [0.4, 0.5) is 0 Å². The van der Waals surface area contributed by atoms with Crippen LogP contribution < -0.4 is 5.32 Å². The molecule has 2 heterocycles. The molecule has 5 nitrogen and oxygen atoms in total. The number of imidazole rings is 1. The average Bonchev–Trinajstić information content (AvgIpc) is 2.94. The lowest BCUT2D eigenvalue weighted by atomic mass is 10.0. The molecule has 1 aromatic rings. The van der Waals surface area contributed by atoms with E-state index in [9.17, 15) is 0 Å². The minimum Gasteiger partial charge on any atom is -0.379 e. The van der Waals surface area contributed by atoms with Crippen LogP contribution in [0.2, 0.25) is 0 Å². The van der Waals surface area contributed by atoms with E-state index in [-0.39, 0.29) is 0 Å². The van der Waals surface area contributed by atoms with E-state index in [2.05, 4.69) is 40.5 Å². The second kappa shape index (κ2) is 8.51. The van der Waals surface area contributed by atoms with Gasteiger partial charge >= 0.3 is 0 Å². The molecule has 0 spiro atoms. The molecule has 120 valence electrons. The maximum absolute atomic E-state index is 5.47. The molecule has 5 heteroatoms. The Bertz CT molecular complexity index is 399. The number of hydrogen-bond donors (Lipinski definition) is 1. The minimum atomic E-state index is 0.596. The summed E-state index contributed by atoms with van der Waals surface area (Å²) in [6.07, 6.45) is 5.16. The Hall–Kier alpha value is -0.910. The van der Waals surface area contributed by atoms with Gasteiger partial charge in [0.05, 0.1) is 19.8 Å². The molecule has 0 aromatic carbocycles. The molecule has 1 atom stereocenters. The lowest BCUT2D eigenvalue weighted by Crippen LogP contribution is -2.48. The number of aryl methyl sites for hydroxylation is 1. The second-order valence-corrected chi connectivity index (χ2v) is 6.19. The molecule has 1 saturated heterocycles. The third kappa shape index (κ3) is 5.09. The SMILES string of the molecule is CCn1ccnc1CNCC(CC(C)C)N1CCOCC1. The van der Waals surface area contributed by atoms with Crippen molar-refractivity contribution in [3.8, 4) is 0 Å². The molecular formula is C16H30N4O. The normalized spacial score (nSPS) is 18.3. The summed E-state index contributed by atoms with van der Waals surface area (Å²) in [5, 5.41) is 3.60. The highest BCUT2D eigenvalue weighted by Crippen LogP contribution is 2.13. The van der Waals surface area contributed by atoms with Crippen molar-refractivity contribution < 1.29 is 4.74 Å². The van der Waals surface area contributed by atoms with E-state index >= 15 is 0 Å². The van der Waals surface area contributed by atoms with Crippen molar-refractivity contribution in [2.75, 3.05) is 32.8 Å². The number of morpholine rings is 1. The first kappa shape index (κ1) is 16.5. The van der Waals surface area contributed by atoms with E-state index in [4.69, 9.17) is 4.74 Å². The van der Waals surface area contributed by atoms with Crippen LogP contribution in [0.1, 0.15) is 33.0 Å². The first-order valence-electron chi connectivity index (χ1n) is 8.23. The maximum atomic E-state index is 5.47. The summed E-state index contributed by atoms with van der Waals surface area (Å²) < 4.78 is 7.67. The smallest absolute Gasteiger partial charge is 0.122 e. The molecule has 21 heavy (non-hydrogen) atoms. The number of ether oxygens (including phenoxy) is 1. The van der Waals surface area contributed by atoms with Crippen molar-refractivity contribution in [1.29, 1.82) is 0 Å². The Morgan fingerprint density at radius 2 is 2.10 bits per heavy atom. The third-order valence-corrected chi connectivity index (χ3v) is 4.11. The van der Waals surface area contributed by atoms with Crippen molar-refractivity contribution in [3.05, 3.63) is 18.2 Å². The van der Waals surface area contributed by atoms with Gasteiger partial charge in [-0.25, -0.2) is 4.98 Å². The Labute approximate surface area is 128 Å². The van der Waals surface area contributed by atoms with Gasteiger partial charge in [0.15, 0.2) is 0 Å². The zero-order valence-electron chi connectivity index (χ0n) is 13.7. The highest BCUT2D eigenvalue weighted by Gasteiger charge is 2.21. The lowest BCUT2D eigenvalue weighted by Gasteiger charge is -2.35. The van der Waals surface area contributed by atoms with Gasteiger partial charge in [-0.2, -0.15) is 0 Å². The molecule has 2 rings (SSSR count). The molecule has 0 radical (unpaired) electrons. The second-order valence-electron chi connectivity index (χ2n) is 6.19. The van der Waals surface area contributed by atoms with Crippen LogP contribution in [0.25, 0.3) is 0 Å². The first-order chi connectivity index (χ1) is 10.2. The predicted octanol–water partition coefficient (Wildman–Crippen LogP) is 1.74. The van der Waals surface area contributed by atoms with E-state index < -0.39 is 0 Å². The summed E-state index contributed by atoms with van der Waals surface area (Å²) in [7, 11) is 0. The molecule has 0 saturated carbocycles. The first-order valence-corrected chi connectivity index (χ1v) is 8.23. The number of nitrogens with one attached hydrogen (secondary N) is 1. The number of aromatic nitrogens is 2. The molecule has 1 fully saturated rings. The standard InChI is InChI=1S/C16H30N4O/c1-4-19-6-5-18-16(19)13-17-12-15(11-14(2)3)20-7-9-21-10-8-20/h5-6,14-15,17H,4,7-13H2,1-3H3. The molecule has 0 aliphatic carbocycles. The zero-order valence-corrected chi connectivity index (χ0v) is 13.7. The van der Waals surface area contributed by atoms with Crippen molar-refractivity contribution in [1.82, 2.24) is 19.8 Å². The topological polar surface area (TPSA) is 42.3 Å². The van der Waals surface area contributed by atoms with Crippen LogP contribution in [0.15, 0.2) is 12.4 Å². The Morgan fingerprint density at radius 3 is 2.76 bits per heavy atom. The molecule has 1 aliphatic heterocycles. The Morgan fingerprint density at radius 1 is 1.33 bits per heavy atom. The quantitative estimate of drug-likeness (QED) is 0.793. The van der Waals surface area contributed by atoms with Crippen molar-refractivity contribution in [3.63, 3.8) is 0 Å². The monoisotopic (exact) mass is 294 g/mol. The van der Waals surface area contributed by atoms with Crippen LogP contribution in [0.3, 0.4) is 0 Å². The molecule has 0 amide bonds. The van der Waals surface area contributed by atoms with E-state index in [1.165, 1.54) is 6.42 Å². The summed E-state index contributed by atoms with van der Waals surface area (Å²) in [6, 6.07) is 0.596. The van der Waals surface area contributed by atoms with E-state index in [1.807, 2.05) is 12.4 Å². The van der Waals surface area contributed by atoms with Crippen LogP contribution in [-0.4, -0.2) is 53.3 Å². The maximum Gasteiger partial charge on any atom is 0.122 e. The highest BCUT2D eigenvalue weighted by atomic mass is 16.5. The van der Waals surface area contributed by atoms with Crippen LogP contribution >= 0.6 is 0 Å².